The summed E-state index contributed by atoms with van der Waals surface area (Å²) in [6.45, 7) is 3.90. The smallest absolute Gasteiger partial charge is 0.429 e. The minimum absolute atomic E-state index is 0.0169. The van der Waals surface area contributed by atoms with Gasteiger partial charge in [-0.05, 0) is 114 Å². The van der Waals surface area contributed by atoms with Crippen LogP contribution in [0.25, 0.3) is 11.1 Å². The van der Waals surface area contributed by atoms with E-state index in [0.29, 0.717) is 28.0 Å². The number of carbonyl (C=O) groups is 9. The van der Waals surface area contributed by atoms with Gasteiger partial charge in [0.2, 0.25) is 11.8 Å². The van der Waals surface area contributed by atoms with Crippen molar-refractivity contribution in [2.24, 2.45) is 5.92 Å². The lowest BCUT2D eigenvalue weighted by atomic mass is 9.98. The van der Waals surface area contributed by atoms with Gasteiger partial charge in [0, 0.05) is 32.6 Å². The average molecular weight is 1300 g/mol. The highest BCUT2D eigenvalue weighted by atomic mass is 16.6. The summed E-state index contributed by atoms with van der Waals surface area (Å²) in [5.41, 5.74) is 6.33. The molecule has 6 aromatic rings. The molecule has 0 unspecified atom stereocenters. The normalized spacial score (nSPS) is 17.5. The highest BCUT2D eigenvalue weighted by Gasteiger charge is 2.51. The van der Waals surface area contributed by atoms with Gasteiger partial charge in [-0.25, -0.2) is 54.0 Å². The Hall–Kier alpha value is -10.5. The summed E-state index contributed by atoms with van der Waals surface area (Å²) < 4.78 is 34.7. The van der Waals surface area contributed by atoms with Crippen LogP contribution in [0.3, 0.4) is 0 Å². The first-order valence-electron chi connectivity index (χ1n) is 32.1. The molecule has 0 bridgehead atoms. The Kier molecular flexibility index (Phi) is 22.3. The number of nitrogens with zero attached hydrogens (tertiary/aromatic N) is 7. The number of hydrogen-bond donors (Lipinski definition) is 1. The van der Waals surface area contributed by atoms with Gasteiger partial charge in [0.25, 0.3) is 11.8 Å². The lowest BCUT2D eigenvalue weighted by Gasteiger charge is -2.48. The van der Waals surface area contributed by atoms with Crippen molar-refractivity contribution in [2.75, 3.05) is 40.4 Å². The summed E-state index contributed by atoms with van der Waals surface area (Å²) in [6.07, 6.45) is -3.51. The Morgan fingerprint density at radius 2 is 0.916 bits per heavy atom. The number of benzene rings is 6. The van der Waals surface area contributed by atoms with Gasteiger partial charge < -0.3 is 38.6 Å². The molecule has 1 N–H and O–H groups in total. The van der Waals surface area contributed by atoms with Gasteiger partial charge in [-0.1, -0.05) is 166 Å². The SMILES string of the molecule is COc1ccc(COC(=O)[C@H](CC(C)C)NC(=O)[C@H]2CCCN(C(=O)OCc3ccccc3)N2C(=O)[C@H](C)N(C)C(=O)[C@H]2CCCN(C(=O)OCc3ccccc3)N2C(=O)[C@@H]2CCCN(C(=O)OCc3ccccc3)N2C(=O)OCC2c3ccccc3-c3ccccc32)cc1. The number of carbonyl (C=O) groups excluding carboxylic acids is 9. The second kappa shape index (κ2) is 31.4. The Labute approximate surface area is 552 Å². The van der Waals surface area contributed by atoms with Gasteiger partial charge in [-0.15, -0.1) is 0 Å². The zero-order valence-electron chi connectivity index (χ0n) is 54.0. The molecule has 6 aromatic carbocycles. The number of hydrogen-bond acceptors (Lipinski definition) is 15. The number of likely N-dealkylation sites (N-methyl/N-ethyl adjacent to an activating group) is 1. The number of hydrazine groups is 3. The van der Waals surface area contributed by atoms with Gasteiger partial charge in [-0.2, -0.15) is 0 Å². The van der Waals surface area contributed by atoms with E-state index in [4.69, 9.17) is 28.4 Å². The fraction of sp³-hybridized carbons (Fsp3) is 0.375. The molecule has 0 spiro atoms. The number of nitrogens with one attached hydrogen (secondary N) is 1. The fourth-order valence-corrected chi connectivity index (χ4v) is 12.4. The highest BCUT2D eigenvalue weighted by Crippen LogP contribution is 2.45. The van der Waals surface area contributed by atoms with Crippen LogP contribution in [0.15, 0.2) is 164 Å². The van der Waals surface area contributed by atoms with Crippen LogP contribution >= 0.6 is 0 Å². The molecular formula is C72H80N8O15. The predicted octanol–water partition coefficient (Wildman–Crippen LogP) is 10.2. The largest absolute Gasteiger partial charge is 0.497 e. The fourth-order valence-electron chi connectivity index (χ4n) is 12.4. The second-order valence-corrected chi connectivity index (χ2v) is 24.2. The van der Waals surface area contributed by atoms with E-state index < -0.39 is 90.1 Å². The Bertz CT molecular complexity index is 3650. The van der Waals surface area contributed by atoms with E-state index >= 15 is 19.2 Å². The van der Waals surface area contributed by atoms with E-state index in [2.05, 4.69) is 5.32 Å². The van der Waals surface area contributed by atoms with Crippen molar-refractivity contribution in [2.45, 2.75) is 128 Å². The molecule has 95 heavy (non-hydrogen) atoms. The molecule has 1 aliphatic carbocycles. The monoisotopic (exact) mass is 1300 g/mol. The maximum atomic E-state index is 16.1. The second-order valence-electron chi connectivity index (χ2n) is 24.2. The topological polar surface area (TPSA) is 244 Å². The van der Waals surface area contributed by atoms with Gasteiger partial charge >= 0.3 is 30.3 Å². The van der Waals surface area contributed by atoms with E-state index in [1.165, 1.54) is 21.1 Å². The van der Waals surface area contributed by atoms with E-state index in [1.54, 1.807) is 109 Å². The lowest BCUT2D eigenvalue weighted by molar-refractivity contribution is -0.180. The first kappa shape index (κ1) is 67.4. The maximum Gasteiger partial charge on any atom is 0.429 e. The van der Waals surface area contributed by atoms with Crippen molar-refractivity contribution in [3.8, 4) is 16.9 Å². The Morgan fingerprint density at radius 1 is 0.484 bits per heavy atom. The molecule has 3 fully saturated rings. The van der Waals surface area contributed by atoms with Crippen molar-refractivity contribution in [3.63, 3.8) is 0 Å². The minimum atomic E-state index is -1.60. The van der Waals surface area contributed by atoms with E-state index in [-0.39, 0.29) is 104 Å². The molecule has 3 heterocycles. The quantitative estimate of drug-likeness (QED) is 0.0552. The standard InChI is InChI=1S/C72H80N8O15/c1-48(2)42-60(68(85)91-43-53-35-37-54(90-5)38-36-53)73-64(81)61-32-19-39-75(69(86)92-44-50-22-9-6-10-23-50)78(61)65(82)49(3)74(4)66(83)62-33-20-40-76(70(87)93-45-51-24-11-7-12-25-51)79(62)67(84)63-34-21-41-77(71(88)94-46-52-26-13-8-14-27-52)80(63)72(89)95-47-59-57-30-17-15-28-55(57)56-29-16-18-31-58(56)59/h6-18,22-31,35-38,48-49,59-63H,19-21,32-34,39-47H2,1-5H3,(H,73,81)/t49-,60-,61+,62+,63-/m0/s1. The van der Waals surface area contributed by atoms with Crippen molar-refractivity contribution in [1.29, 1.82) is 0 Å². The molecule has 498 valence electrons. The molecule has 4 aliphatic rings. The molecule has 23 heteroatoms. The number of fused-ring (bicyclic) bond motifs is 3. The first-order valence-corrected chi connectivity index (χ1v) is 32.1. The van der Waals surface area contributed by atoms with Crippen molar-refractivity contribution in [3.05, 3.63) is 197 Å². The maximum absolute atomic E-state index is 16.1. The molecule has 3 saturated heterocycles. The summed E-state index contributed by atoms with van der Waals surface area (Å²) in [4.78, 5) is 136. The average Bonchev–Trinajstić information content (AvgIpc) is 1.76. The molecule has 0 aromatic heterocycles. The zero-order valence-corrected chi connectivity index (χ0v) is 54.0. The number of amides is 8. The van der Waals surface area contributed by atoms with Gasteiger partial charge in [0.05, 0.1) is 7.11 Å². The molecular weight excluding hydrogens is 1220 g/mol. The van der Waals surface area contributed by atoms with Gasteiger partial charge in [0.1, 0.15) is 69.0 Å². The van der Waals surface area contributed by atoms with Crippen molar-refractivity contribution >= 4 is 54.0 Å². The molecule has 0 saturated carbocycles. The molecule has 3 aliphatic heterocycles. The highest BCUT2D eigenvalue weighted by molar-refractivity contribution is 5.97. The first-order chi connectivity index (χ1) is 46.0. The van der Waals surface area contributed by atoms with Gasteiger partial charge in [0.15, 0.2) is 0 Å². The summed E-state index contributed by atoms with van der Waals surface area (Å²) in [5.74, 6) is -4.17. The van der Waals surface area contributed by atoms with Crippen LogP contribution in [0.4, 0.5) is 19.2 Å². The van der Waals surface area contributed by atoms with Crippen LogP contribution in [0, 0.1) is 5.92 Å². The third-order valence-electron chi connectivity index (χ3n) is 17.4. The number of rotatable bonds is 20. The summed E-state index contributed by atoms with van der Waals surface area (Å²) in [5, 5.41) is 8.68. The van der Waals surface area contributed by atoms with E-state index in [0.717, 1.165) is 57.2 Å². The third kappa shape index (κ3) is 16.0. The van der Waals surface area contributed by atoms with Crippen LogP contribution in [0.2, 0.25) is 0 Å². The number of methoxy groups -OCH3 is 1. The van der Waals surface area contributed by atoms with E-state index in [1.807, 2.05) is 68.4 Å². The van der Waals surface area contributed by atoms with Crippen LogP contribution in [-0.2, 0) is 74.1 Å². The summed E-state index contributed by atoms with van der Waals surface area (Å²) >= 11 is 0. The predicted molar refractivity (Wildman–Crippen MR) is 346 cm³/mol. The molecule has 8 amide bonds. The molecule has 5 atom stereocenters. The zero-order chi connectivity index (χ0) is 67.1. The van der Waals surface area contributed by atoms with Crippen LogP contribution in [-0.4, -0.2) is 160 Å². The van der Waals surface area contributed by atoms with E-state index in [9.17, 15) is 24.0 Å². The van der Waals surface area contributed by atoms with Gasteiger partial charge in [-0.3, -0.25) is 19.2 Å². The van der Waals surface area contributed by atoms with Crippen LogP contribution in [0.5, 0.6) is 5.75 Å². The minimum Gasteiger partial charge on any atom is -0.497 e. The number of ether oxygens (including phenoxy) is 6. The number of esters is 1. The Morgan fingerprint density at radius 3 is 1.41 bits per heavy atom. The lowest BCUT2D eigenvalue weighted by Crippen LogP contribution is -2.69. The molecule has 10 rings (SSSR count). The van der Waals surface area contributed by atoms with Crippen LogP contribution < -0.4 is 10.1 Å². The molecule has 23 nitrogen and oxygen atoms in total. The van der Waals surface area contributed by atoms with Crippen LogP contribution in [0.1, 0.15) is 105 Å². The summed E-state index contributed by atoms with van der Waals surface area (Å²) in [6, 6.07) is 41.7. The molecule has 0 radical (unpaired) electrons. The van der Waals surface area contributed by atoms with Crippen molar-refractivity contribution < 1.29 is 71.6 Å². The third-order valence-corrected chi connectivity index (χ3v) is 17.4. The summed E-state index contributed by atoms with van der Waals surface area (Å²) in [7, 11) is 2.86. The Balaban J connectivity index is 0.953. The van der Waals surface area contributed by atoms with Crippen molar-refractivity contribution in [1.82, 2.24) is 40.3 Å².